The van der Waals surface area contributed by atoms with E-state index in [4.69, 9.17) is 14.2 Å². The number of carbonyl (C=O) groups excluding carboxylic acids is 3. The number of allylic oxidation sites excluding steroid dienone is 8. The molecule has 0 amide bonds. The molecule has 0 N–H and O–H groups in total. The first kappa shape index (κ1) is 78.4. The lowest BCUT2D eigenvalue weighted by Gasteiger charge is -2.18. The van der Waals surface area contributed by atoms with Crippen LogP contribution in [0.15, 0.2) is 48.6 Å². The molecule has 0 aliphatic rings. The van der Waals surface area contributed by atoms with Crippen LogP contribution in [0, 0.1) is 0 Å². The Morgan fingerprint density at radius 3 is 0.728 bits per heavy atom. The van der Waals surface area contributed by atoms with Gasteiger partial charge in [0.15, 0.2) is 6.10 Å². The maximum atomic E-state index is 12.9. The number of rotatable bonds is 67. The standard InChI is InChI=1S/C75H138O6/c1-4-7-10-13-16-19-22-25-27-29-31-32-33-34-35-36-37-38-39-40-41-42-44-45-47-50-53-56-59-62-65-68-74(77)80-71-72(70-79-73(76)67-64-61-58-55-52-49-24-21-18-15-12-9-6-3)81-75(78)69-66-63-60-57-54-51-48-46-43-30-28-26-23-20-17-14-11-8-5-2/h17,20-21,24,26,28-29,31,72H,4-16,18-19,22-23,25,27,30,32-71H2,1-3H3/b20-17-,24-21-,28-26-,31-29-. The van der Waals surface area contributed by atoms with Crippen molar-refractivity contribution in [3.8, 4) is 0 Å². The summed E-state index contributed by atoms with van der Waals surface area (Å²) in [6.07, 6.45) is 88.7. The van der Waals surface area contributed by atoms with Gasteiger partial charge in [0.05, 0.1) is 0 Å². The number of carbonyl (C=O) groups is 3. The molecule has 0 aliphatic carbocycles. The van der Waals surface area contributed by atoms with E-state index in [0.29, 0.717) is 19.3 Å². The molecular formula is C75H138O6. The van der Waals surface area contributed by atoms with Gasteiger partial charge in [-0.15, -0.1) is 0 Å². The summed E-state index contributed by atoms with van der Waals surface area (Å²) in [6.45, 7) is 6.65. The molecule has 0 aromatic heterocycles. The third kappa shape index (κ3) is 68.0. The van der Waals surface area contributed by atoms with Crippen molar-refractivity contribution >= 4 is 17.9 Å². The van der Waals surface area contributed by atoms with Gasteiger partial charge >= 0.3 is 17.9 Å². The van der Waals surface area contributed by atoms with Crippen molar-refractivity contribution in [3.63, 3.8) is 0 Å². The summed E-state index contributed by atoms with van der Waals surface area (Å²) in [6, 6.07) is 0. The van der Waals surface area contributed by atoms with Gasteiger partial charge in [0.1, 0.15) is 13.2 Å². The highest BCUT2D eigenvalue weighted by molar-refractivity contribution is 5.71. The highest BCUT2D eigenvalue weighted by Gasteiger charge is 2.19. The van der Waals surface area contributed by atoms with Crippen LogP contribution < -0.4 is 0 Å². The first-order valence-electron chi connectivity index (χ1n) is 36.1. The van der Waals surface area contributed by atoms with E-state index >= 15 is 0 Å². The van der Waals surface area contributed by atoms with Crippen LogP contribution in [0.1, 0.15) is 393 Å². The molecular weight excluding hydrogens is 997 g/mol. The second-order valence-electron chi connectivity index (χ2n) is 24.5. The summed E-state index contributed by atoms with van der Waals surface area (Å²) >= 11 is 0. The Morgan fingerprint density at radius 2 is 0.444 bits per heavy atom. The second-order valence-corrected chi connectivity index (χ2v) is 24.5. The van der Waals surface area contributed by atoms with Crippen LogP contribution in [-0.4, -0.2) is 37.2 Å². The van der Waals surface area contributed by atoms with Crippen LogP contribution in [0.3, 0.4) is 0 Å². The summed E-state index contributed by atoms with van der Waals surface area (Å²) in [5.41, 5.74) is 0. The number of unbranched alkanes of at least 4 members (excludes halogenated alkanes) is 48. The second kappa shape index (κ2) is 69.9. The van der Waals surface area contributed by atoms with Gasteiger partial charge in [0.25, 0.3) is 0 Å². The van der Waals surface area contributed by atoms with E-state index in [1.807, 2.05) is 0 Å². The highest BCUT2D eigenvalue weighted by atomic mass is 16.6. The van der Waals surface area contributed by atoms with Gasteiger partial charge in [-0.1, -0.05) is 320 Å². The maximum absolute atomic E-state index is 12.9. The van der Waals surface area contributed by atoms with Crippen molar-refractivity contribution in [1.82, 2.24) is 0 Å². The molecule has 0 fully saturated rings. The highest BCUT2D eigenvalue weighted by Crippen LogP contribution is 2.18. The molecule has 0 saturated carbocycles. The van der Waals surface area contributed by atoms with Gasteiger partial charge in [0.2, 0.25) is 0 Å². The SMILES string of the molecule is CCCCC/C=C\C/C=C\CCCCCCCCCCCC(=O)OC(COC(=O)CCCCCCC/C=C\CCCCCC)COC(=O)CCCCCCCCCCCCCCCCCCCCC/C=C\CCCCCCCCCC. The van der Waals surface area contributed by atoms with Crippen LogP contribution in [0.25, 0.3) is 0 Å². The summed E-state index contributed by atoms with van der Waals surface area (Å²) in [5.74, 6) is -0.862. The summed E-state index contributed by atoms with van der Waals surface area (Å²) < 4.78 is 17.0. The van der Waals surface area contributed by atoms with Gasteiger partial charge in [-0.3, -0.25) is 14.4 Å². The van der Waals surface area contributed by atoms with Gasteiger partial charge < -0.3 is 14.2 Å². The molecule has 0 spiro atoms. The van der Waals surface area contributed by atoms with Crippen molar-refractivity contribution in [2.45, 2.75) is 399 Å². The van der Waals surface area contributed by atoms with E-state index < -0.39 is 6.10 Å². The van der Waals surface area contributed by atoms with E-state index in [-0.39, 0.29) is 31.1 Å². The first-order valence-corrected chi connectivity index (χ1v) is 36.1. The van der Waals surface area contributed by atoms with Crippen LogP contribution in [0.5, 0.6) is 0 Å². The molecule has 0 aliphatic heterocycles. The van der Waals surface area contributed by atoms with Crippen molar-refractivity contribution in [1.29, 1.82) is 0 Å². The average molecular weight is 1140 g/mol. The normalized spacial score (nSPS) is 12.3. The van der Waals surface area contributed by atoms with Gasteiger partial charge in [0, 0.05) is 19.3 Å². The molecule has 0 saturated heterocycles. The predicted molar refractivity (Wildman–Crippen MR) is 353 cm³/mol. The van der Waals surface area contributed by atoms with Gasteiger partial charge in [-0.05, 0) is 103 Å². The van der Waals surface area contributed by atoms with E-state index in [2.05, 4.69) is 69.4 Å². The lowest BCUT2D eigenvalue weighted by Crippen LogP contribution is -2.30. The number of hydrogen-bond acceptors (Lipinski definition) is 6. The summed E-state index contributed by atoms with van der Waals surface area (Å²) in [4.78, 5) is 38.4. The Labute approximate surface area is 505 Å². The Morgan fingerprint density at radius 1 is 0.247 bits per heavy atom. The van der Waals surface area contributed by atoms with E-state index in [1.165, 1.54) is 283 Å². The molecule has 6 nitrogen and oxygen atoms in total. The quantitative estimate of drug-likeness (QED) is 0.0261. The molecule has 0 aromatic carbocycles. The Bertz CT molecular complexity index is 1400. The van der Waals surface area contributed by atoms with Crippen molar-refractivity contribution in [3.05, 3.63) is 48.6 Å². The van der Waals surface area contributed by atoms with Gasteiger partial charge in [-0.25, -0.2) is 0 Å². The molecule has 0 bridgehead atoms. The summed E-state index contributed by atoms with van der Waals surface area (Å²) in [5, 5.41) is 0. The lowest BCUT2D eigenvalue weighted by molar-refractivity contribution is -0.167. The third-order valence-corrected chi connectivity index (χ3v) is 16.3. The Hall–Kier alpha value is -2.63. The fourth-order valence-electron chi connectivity index (χ4n) is 10.8. The average Bonchev–Trinajstić information content (AvgIpc) is 3.46. The zero-order valence-corrected chi connectivity index (χ0v) is 54.6. The van der Waals surface area contributed by atoms with E-state index in [9.17, 15) is 14.4 Å². The lowest BCUT2D eigenvalue weighted by atomic mass is 10.0. The molecule has 0 radical (unpaired) electrons. The molecule has 6 heteroatoms. The van der Waals surface area contributed by atoms with Crippen molar-refractivity contribution in [2.24, 2.45) is 0 Å². The fourth-order valence-corrected chi connectivity index (χ4v) is 10.8. The largest absolute Gasteiger partial charge is 0.462 e. The first-order chi connectivity index (χ1) is 40.0. The van der Waals surface area contributed by atoms with Crippen molar-refractivity contribution in [2.75, 3.05) is 13.2 Å². The minimum Gasteiger partial charge on any atom is -0.462 e. The van der Waals surface area contributed by atoms with Gasteiger partial charge in [-0.2, -0.15) is 0 Å². The molecule has 0 aromatic rings. The monoisotopic (exact) mass is 1140 g/mol. The van der Waals surface area contributed by atoms with Crippen LogP contribution in [0.4, 0.5) is 0 Å². The minimum absolute atomic E-state index is 0.0735. The molecule has 0 rings (SSSR count). The minimum atomic E-state index is -0.778. The third-order valence-electron chi connectivity index (χ3n) is 16.3. The zero-order valence-electron chi connectivity index (χ0n) is 54.6. The molecule has 0 heterocycles. The van der Waals surface area contributed by atoms with Crippen LogP contribution in [0.2, 0.25) is 0 Å². The number of hydrogen-bond donors (Lipinski definition) is 0. The molecule has 81 heavy (non-hydrogen) atoms. The molecule has 1 unspecified atom stereocenters. The van der Waals surface area contributed by atoms with E-state index in [1.54, 1.807) is 0 Å². The van der Waals surface area contributed by atoms with Crippen molar-refractivity contribution < 1.29 is 28.6 Å². The zero-order chi connectivity index (χ0) is 58.5. The Balaban J connectivity index is 4.16. The summed E-state index contributed by atoms with van der Waals surface area (Å²) in [7, 11) is 0. The molecule has 1 atom stereocenters. The maximum Gasteiger partial charge on any atom is 0.306 e. The predicted octanol–water partition coefficient (Wildman–Crippen LogP) is 24.9. The fraction of sp³-hybridized carbons (Fsp3) is 0.853. The number of ether oxygens (including phenoxy) is 3. The number of esters is 3. The molecule has 474 valence electrons. The topological polar surface area (TPSA) is 78.9 Å². The Kier molecular flexibility index (Phi) is 67.6. The van der Waals surface area contributed by atoms with E-state index in [0.717, 1.165) is 70.6 Å². The van der Waals surface area contributed by atoms with Crippen LogP contribution >= 0.6 is 0 Å². The smallest absolute Gasteiger partial charge is 0.306 e. The van der Waals surface area contributed by atoms with Crippen LogP contribution in [-0.2, 0) is 28.6 Å².